The average molecular weight is 269 g/mol. The topological polar surface area (TPSA) is 49.3 Å². The van der Waals surface area contributed by atoms with E-state index in [1.807, 2.05) is 24.3 Å². The van der Waals surface area contributed by atoms with Crippen molar-refractivity contribution in [3.63, 3.8) is 0 Å². The molecule has 0 fully saturated rings. The van der Waals surface area contributed by atoms with Crippen molar-refractivity contribution in [2.45, 2.75) is 26.2 Å². The van der Waals surface area contributed by atoms with Crippen molar-refractivity contribution in [3.8, 4) is 5.75 Å². The monoisotopic (exact) mass is 269 g/mol. The fraction of sp³-hybridized carbons (Fsp3) is 0.235. The SMILES string of the molecule is CCC(C)c1ccc(C(=O)Nc2ccccc2O)cc1. The Balaban J connectivity index is 2.12. The summed E-state index contributed by atoms with van der Waals surface area (Å²) in [5, 5.41) is 12.3. The largest absolute Gasteiger partial charge is 0.506 e. The molecule has 2 aromatic rings. The van der Waals surface area contributed by atoms with E-state index in [4.69, 9.17) is 0 Å². The Morgan fingerprint density at radius 1 is 1.15 bits per heavy atom. The van der Waals surface area contributed by atoms with Gasteiger partial charge in [-0.05, 0) is 42.2 Å². The molecule has 0 radical (unpaired) electrons. The number of rotatable bonds is 4. The lowest BCUT2D eigenvalue weighted by molar-refractivity contribution is 0.102. The van der Waals surface area contributed by atoms with Crippen molar-refractivity contribution in [2.75, 3.05) is 5.32 Å². The van der Waals surface area contributed by atoms with Gasteiger partial charge in [0, 0.05) is 5.56 Å². The first-order valence-corrected chi connectivity index (χ1v) is 6.81. The summed E-state index contributed by atoms with van der Waals surface area (Å²) in [7, 11) is 0. The predicted molar refractivity (Wildman–Crippen MR) is 81.2 cm³/mol. The van der Waals surface area contributed by atoms with E-state index >= 15 is 0 Å². The van der Waals surface area contributed by atoms with Crippen LogP contribution in [-0.4, -0.2) is 11.0 Å². The number of phenolic OH excluding ortho intramolecular Hbond substituents is 1. The Bertz CT molecular complexity index is 590. The van der Waals surface area contributed by atoms with Crippen LogP contribution in [0.25, 0.3) is 0 Å². The third-order valence-corrected chi connectivity index (χ3v) is 3.51. The summed E-state index contributed by atoms with van der Waals surface area (Å²) < 4.78 is 0. The quantitative estimate of drug-likeness (QED) is 0.819. The minimum absolute atomic E-state index is 0.0667. The summed E-state index contributed by atoms with van der Waals surface area (Å²) in [6.45, 7) is 4.31. The van der Waals surface area contributed by atoms with Crippen molar-refractivity contribution in [1.29, 1.82) is 0 Å². The Labute approximate surface area is 119 Å². The lowest BCUT2D eigenvalue weighted by atomic mass is 9.97. The third-order valence-electron chi connectivity index (χ3n) is 3.51. The van der Waals surface area contributed by atoms with Gasteiger partial charge in [-0.25, -0.2) is 0 Å². The van der Waals surface area contributed by atoms with Crippen molar-refractivity contribution in [3.05, 3.63) is 59.7 Å². The number of anilines is 1. The van der Waals surface area contributed by atoms with Gasteiger partial charge in [0.05, 0.1) is 5.69 Å². The van der Waals surface area contributed by atoms with Crippen LogP contribution in [0.2, 0.25) is 0 Å². The number of aromatic hydroxyl groups is 1. The molecule has 1 unspecified atom stereocenters. The maximum Gasteiger partial charge on any atom is 0.255 e. The van der Waals surface area contributed by atoms with E-state index in [9.17, 15) is 9.90 Å². The maximum absolute atomic E-state index is 12.1. The highest BCUT2D eigenvalue weighted by Gasteiger charge is 2.09. The van der Waals surface area contributed by atoms with Crippen molar-refractivity contribution < 1.29 is 9.90 Å². The number of hydrogen-bond acceptors (Lipinski definition) is 2. The molecule has 2 N–H and O–H groups in total. The molecule has 0 heterocycles. The van der Waals surface area contributed by atoms with E-state index in [0.717, 1.165) is 6.42 Å². The summed E-state index contributed by atoms with van der Waals surface area (Å²) in [4.78, 5) is 12.1. The minimum atomic E-state index is -0.220. The Kier molecular flexibility index (Phi) is 4.41. The van der Waals surface area contributed by atoms with Crippen molar-refractivity contribution in [2.24, 2.45) is 0 Å². The minimum Gasteiger partial charge on any atom is -0.506 e. The van der Waals surface area contributed by atoms with Crippen LogP contribution in [-0.2, 0) is 0 Å². The van der Waals surface area contributed by atoms with Crippen LogP contribution >= 0.6 is 0 Å². The Morgan fingerprint density at radius 2 is 1.80 bits per heavy atom. The molecule has 3 heteroatoms. The number of phenols is 1. The third kappa shape index (κ3) is 3.18. The van der Waals surface area contributed by atoms with Gasteiger partial charge in [0.1, 0.15) is 5.75 Å². The number of carbonyl (C=O) groups excluding carboxylic acids is 1. The summed E-state index contributed by atoms with van der Waals surface area (Å²) >= 11 is 0. The first-order valence-electron chi connectivity index (χ1n) is 6.81. The normalized spacial score (nSPS) is 11.9. The van der Waals surface area contributed by atoms with E-state index in [1.54, 1.807) is 24.3 Å². The second-order valence-corrected chi connectivity index (χ2v) is 4.90. The van der Waals surface area contributed by atoms with Gasteiger partial charge < -0.3 is 10.4 Å². The van der Waals surface area contributed by atoms with E-state index in [2.05, 4.69) is 19.2 Å². The van der Waals surface area contributed by atoms with E-state index in [1.165, 1.54) is 5.56 Å². The van der Waals surface area contributed by atoms with E-state index < -0.39 is 0 Å². The number of benzene rings is 2. The number of para-hydroxylation sites is 2. The molecule has 0 aliphatic carbocycles. The van der Waals surface area contributed by atoms with Crippen LogP contribution in [0.5, 0.6) is 5.75 Å². The van der Waals surface area contributed by atoms with Gasteiger partial charge in [-0.15, -0.1) is 0 Å². The van der Waals surface area contributed by atoms with E-state index in [0.29, 0.717) is 17.2 Å². The zero-order chi connectivity index (χ0) is 14.5. The molecule has 0 saturated carbocycles. The highest BCUT2D eigenvalue weighted by molar-refractivity contribution is 6.04. The van der Waals surface area contributed by atoms with Gasteiger partial charge in [0.2, 0.25) is 0 Å². The summed E-state index contributed by atoms with van der Waals surface area (Å²) in [5.74, 6) is 0.338. The van der Waals surface area contributed by atoms with Crippen LogP contribution in [0.4, 0.5) is 5.69 Å². The second-order valence-electron chi connectivity index (χ2n) is 4.90. The maximum atomic E-state index is 12.1. The molecule has 2 aromatic carbocycles. The molecular formula is C17H19NO2. The molecule has 0 aliphatic rings. The van der Waals surface area contributed by atoms with Crippen LogP contribution in [0.3, 0.4) is 0 Å². The standard InChI is InChI=1S/C17H19NO2/c1-3-12(2)13-8-10-14(11-9-13)17(20)18-15-6-4-5-7-16(15)19/h4-12,19H,3H2,1-2H3,(H,18,20). The van der Waals surface area contributed by atoms with Crippen molar-refractivity contribution in [1.82, 2.24) is 0 Å². The molecule has 1 atom stereocenters. The number of hydrogen-bond donors (Lipinski definition) is 2. The molecule has 0 spiro atoms. The second kappa shape index (κ2) is 6.24. The van der Waals surface area contributed by atoms with E-state index in [-0.39, 0.29) is 11.7 Å². The molecule has 0 saturated heterocycles. The zero-order valence-electron chi connectivity index (χ0n) is 11.8. The number of amides is 1. The first-order chi connectivity index (χ1) is 9.61. The lowest BCUT2D eigenvalue weighted by Gasteiger charge is -2.10. The fourth-order valence-electron chi connectivity index (χ4n) is 1.97. The smallest absolute Gasteiger partial charge is 0.255 e. The van der Waals surface area contributed by atoms with Gasteiger partial charge in [0.15, 0.2) is 0 Å². The molecule has 3 nitrogen and oxygen atoms in total. The predicted octanol–water partition coefficient (Wildman–Crippen LogP) is 4.16. The molecule has 0 aromatic heterocycles. The summed E-state index contributed by atoms with van der Waals surface area (Å²) in [5.41, 5.74) is 2.23. The summed E-state index contributed by atoms with van der Waals surface area (Å²) in [6, 6.07) is 14.3. The highest BCUT2D eigenvalue weighted by atomic mass is 16.3. The Hall–Kier alpha value is -2.29. The highest BCUT2D eigenvalue weighted by Crippen LogP contribution is 2.23. The van der Waals surface area contributed by atoms with Crippen LogP contribution < -0.4 is 5.32 Å². The first kappa shape index (κ1) is 14.1. The van der Waals surface area contributed by atoms with Gasteiger partial charge in [-0.3, -0.25) is 4.79 Å². The van der Waals surface area contributed by atoms with Gasteiger partial charge in [-0.2, -0.15) is 0 Å². The average Bonchev–Trinajstić information content (AvgIpc) is 2.49. The van der Waals surface area contributed by atoms with Crippen LogP contribution in [0, 0.1) is 0 Å². The van der Waals surface area contributed by atoms with Crippen LogP contribution in [0.15, 0.2) is 48.5 Å². The fourth-order valence-corrected chi connectivity index (χ4v) is 1.97. The molecule has 20 heavy (non-hydrogen) atoms. The van der Waals surface area contributed by atoms with Gasteiger partial charge >= 0.3 is 0 Å². The lowest BCUT2D eigenvalue weighted by Crippen LogP contribution is -2.12. The molecule has 0 bridgehead atoms. The van der Waals surface area contributed by atoms with Gasteiger partial charge in [-0.1, -0.05) is 38.1 Å². The van der Waals surface area contributed by atoms with Crippen molar-refractivity contribution >= 4 is 11.6 Å². The van der Waals surface area contributed by atoms with Gasteiger partial charge in [0.25, 0.3) is 5.91 Å². The number of nitrogens with one attached hydrogen (secondary N) is 1. The molecule has 0 aliphatic heterocycles. The molecular weight excluding hydrogens is 250 g/mol. The molecule has 104 valence electrons. The van der Waals surface area contributed by atoms with Crippen LogP contribution in [0.1, 0.15) is 42.1 Å². The molecule has 1 amide bonds. The Morgan fingerprint density at radius 3 is 2.40 bits per heavy atom. The molecule has 2 rings (SSSR count). The zero-order valence-corrected chi connectivity index (χ0v) is 11.8. The number of carbonyl (C=O) groups is 1. The summed E-state index contributed by atoms with van der Waals surface area (Å²) in [6.07, 6.45) is 1.07.